The van der Waals surface area contributed by atoms with Gasteiger partial charge in [0.25, 0.3) is 0 Å². The van der Waals surface area contributed by atoms with Crippen LogP contribution in [0.1, 0.15) is 11.6 Å². The number of methoxy groups -OCH3 is 2. The fourth-order valence-electron chi connectivity index (χ4n) is 2.45. The molecule has 0 unspecified atom stereocenters. The highest BCUT2D eigenvalue weighted by molar-refractivity contribution is 5.77. The molecule has 1 aliphatic heterocycles. The van der Waals surface area contributed by atoms with Crippen molar-refractivity contribution in [3.05, 3.63) is 23.8 Å². The molecule has 0 bridgehead atoms. The molecule has 1 aromatic carbocycles. The lowest BCUT2D eigenvalue weighted by Crippen LogP contribution is -2.42. The summed E-state index contributed by atoms with van der Waals surface area (Å²) >= 11 is 0. The van der Waals surface area contributed by atoms with Crippen LogP contribution in [0.15, 0.2) is 18.2 Å². The minimum absolute atomic E-state index is 0.467. The number of hydrogen-bond donors (Lipinski definition) is 1. The van der Waals surface area contributed by atoms with E-state index in [1.54, 1.807) is 18.2 Å². The zero-order chi connectivity index (χ0) is 14.5. The molecule has 0 amide bonds. The van der Waals surface area contributed by atoms with Crippen LogP contribution in [0, 0.1) is 0 Å². The van der Waals surface area contributed by atoms with Crippen LogP contribution >= 0.6 is 0 Å². The van der Waals surface area contributed by atoms with Gasteiger partial charge >= 0.3 is 5.97 Å². The summed E-state index contributed by atoms with van der Waals surface area (Å²) in [6, 6.07) is 4.52. The third kappa shape index (κ3) is 2.86. The smallest absolute Gasteiger partial charge is 0.325 e. The predicted octanol–water partition coefficient (Wildman–Crippen LogP) is 1.16. The molecule has 0 aromatic heterocycles. The van der Waals surface area contributed by atoms with Crippen molar-refractivity contribution in [2.45, 2.75) is 6.04 Å². The van der Waals surface area contributed by atoms with Gasteiger partial charge in [0.05, 0.1) is 27.4 Å². The van der Waals surface area contributed by atoms with Gasteiger partial charge in [-0.1, -0.05) is 12.1 Å². The Morgan fingerprint density at radius 3 is 2.55 bits per heavy atom. The normalized spacial score (nSPS) is 17.5. The number of carbonyl (C=O) groups is 1. The molecule has 0 saturated carbocycles. The van der Waals surface area contributed by atoms with E-state index in [0.717, 1.165) is 0 Å². The number of para-hydroxylation sites is 1. The van der Waals surface area contributed by atoms with Crippen LogP contribution in [0.3, 0.4) is 0 Å². The monoisotopic (exact) mass is 281 g/mol. The Morgan fingerprint density at radius 1 is 1.30 bits per heavy atom. The molecule has 6 nitrogen and oxygen atoms in total. The molecule has 0 aliphatic carbocycles. The number of benzene rings is 1. The molecule has 6 heteroatoms. The first-order valence-electron chi connectivity index (χ1n) is 6.44. The van der Waals surface area contributed by atoms with Crippen molar-refractivity contribution < 1.29 is 24.1 Å². The van der Waals surface area contributed by atoms with Gasteiger partial charge in [0.1, 0.15) is 6.04 Å². The van der Waals surface area contributed by atoms with E-state index in [1.165, 1.54) is 14.2 Å². The summed E-state index contributed by atoms with van der Waals surface area (Å²) < 4.78 is 15.9. The van der Waals surface area contributed by atoms with Gasteiger partial charge in [-0.05, 0) is 6.07 Å². The van der Waals surface area contributed by atoms with Gasteiger partial charge in [-0.25, -0.2) is 0 Å². The van der Waals surface area contributed by atoms with E-state index in [-0.39, 0.29) is 0 Å². The van der Waals surface area contributed by atoms with Gasteiger partial charge in [-0.15, -0.1) is 0 Å². The van der Waals surface area contributed by atoms with E-state index < -0.39 is 12.0 Å². The van der Waals surface area contributed by atoms with Crippen molar-refractivity contribution in [3.8, 4) is 11.5 Å². The number of carboxylic acid groups (broad SMARTS) is 1. The molecule has 1 N–H and O–H groups in total. The number of carboxylic acids is 1. The van der Waals surface area contributed by atoms with Gasteiger partial charge < -0.3 is 19.3 Å². The molecule has 1 aromatic rings. The maximum absolute atomic E-state index is 11.7. The van der Waals surface area contributed by atoms with E-state index in [9.17, 15) is 9.90 Å². The number of rotatable bonds is 5. The predicted molar refractivity (Wildman–Crippen MR) is 72.3 cm³/mol. The summed E-state index contributed by atoms with van der Waals surface area (Å²) in [4.78, 5) is 13.6. The summed E-state index contributed by atoms with van der Waals surface area (Å²) in [7, 11) is 3.05. The summed E-state index contributed by atoms with van der Waals surface area (Å²) in [6.45, 7) is 2.24. The molecule has 110 valence electrons. The van der Waals surface area contributed by atoms with E-state index in [1.807, 2.05) is 4.90 Å². The van der Waals surface area contributed by atoms with E-state index in [2.05, 4.69) is 0 Å². The molecule has 1 aliphatic rings. The Kier molecular flexibility index (Phi) is 4.81. The van der Waals surface area contributed by atoms with Crippen LogP contribution in [-0.4, -0.2) is 56.5 Å². The topological polar surface area (TPSA) is 68.2 Å². The second-order valence-corrected chi connectivity index (χ2v) is 4.47. The summed E-state index contributed by atoms with van der Waals surface area (Å²) in [6.07, 6.45) is 0. The minimum Gasteiger partial charge on any atom is -0.493 e. The van der Waals surface area contributed by atoms with Crippen molar-refractivity contribution in [3.63, 3.8) is 0 Å². The summed E-state index contributed by atoms with van der Waals surface area (Å²) in [5.41, 5.74) is 0.598. The Balaban J connectivity index is 2.40. The first kappa shape index (κ1) is 14.6. The standard InChI is InChI=1S/C14H19NO5/c1-18-11-5-3-4-10(13(11)19-2)12(14(16)17)15-6-8-20-9-7-15/h3-5,12H,6-9H2,1-2H3,(H,16,17)/t12-/m1/s1. The van der Waals surface area contributed by atoms with Gasteiger partial charge in [0.2, 0.25) is 0 Å². The molecule has 20 heavy (non-hydrogen) atoms. The Hall–Kier alpha value is -1.79. The van der Waals surface area contributed by atoms with Gasteiger partial charge in [-0.2, -0.15) is 0 Å². The van der Waals surface area contributed by atoms with Crippen molar-refractivity contribution >= 4 is 5.97 Å². The fraction of sp³-hybridized carbons (Fsp3) is 0.500. The first-order chi connectivity index (χ1) is 9.69. The summed E-state index contributed by atoms with van der Waals surface area (Å²) in [5, 5.41) is 9.58. The molecule has 0 radical (unpaired) electrons. The van der Waals surface area contributed by atoms with Crippen molar-refractivity contribution in [1.82, 2.24) is 4.90 Å². The van der Waals surface area contributed by atoms with Crippen molar-refractivity contribution in [2.75, 3.05) is 40.5 Å². The highest BCUT2D eigenvalue weighted by atomic mass is 16.5. The molecule has 1 heterocycles. The van der Waals surface area contributed by atoms with Crippen LogP contribution in [0.25, 0.3) is 0 Å². The van der Waals surface area contributed by atoms with E-state index in [0.29, 0.717) is 43.4 Å². The number of morpholine rings is 1. The Bertz CT molecular complexity index is 471. The Morgan fingerprint density at radius 2 is 2.00 bits per heavy atom. The molecule has 2 rings (SSSR count). The lowest BCUT2D eigenvalue weighted by molar-refractivity contribution is -0.145. The number of aliphatic carboxylic acids is 1. The van der Waals surface area contributed by atoms with Gasteiger partial charge in [0.15, 0.2) is 11.5 Å². The molecule has 1 fully saturated rings. The lowest BCUT2D eigenvalue weighted by atomic mass is 10.0. The number of ether oxygens (including phenoxy) is 3. The number of hydrogen-bond acceptors (Lipinski definition) is 5. The average molecular weight is 281 g/mol. The van der Waals surface area contributed by atoms with Crippen LogP contribution in [0.5, 0.6) is 11.5 Å². The minimum atomic E-state index is -0.904. The highest BCUT2D eigenvalue weighted by Crippen LogP contribution is 2.37. The molecule has 1 atom stereocenters. The van der Waals surface area contributed by atoms with Crippen LogP contribution < -0.4 is 9.47 Å². The van der Waals surface area contributed by atoms with Gasteiger partial charge in [0, 0.05) is 18.7 Å². The molecular weight excluding hydrogens is 262 g/mol. The zero-order valence-electron chi connectivity index (χ0n) is 11.7. The van der Waals surface area contributed by atoms with E-state index in [4.69, 9.17) is 14.2 Å². The quantitative estimate of drug-likeness (QED) is 0.873. The van der Waals surface area contributed by atoms with Crippen molar-refractivity contribution in [1.29, 1.82) is 0 Å². The van der Waals surface area contributed by atoms with Crippen LogP contribution in [0.4, 0.5) is 0 Å². The van der Waals surface area contributed by atoms with E-state index >= 15 is 0 Å². The van der Waals surface area contributed by atoms with Crippen LogP contribution in [-0.2, 0) is 9.53 Å². The third-order valence-electron chi connectivity index (χ3n) is 3.37. The SMILES string of the molecule is COc1cccc([C@H](C(=O)O)N2CCOCC2)c1OC. The number of nitrogens with zero attached hydrogens (tertiary/aromatic N) is 1. The Labute approximate surface area is 117 Å². The molecule has 1 saturated heterocycles. The zero-order valence-corrected chi connectivity index (χ0v) is 11.7. The highest BCUT2D eigenvalue weighted by Gasteiger charge is 2.32. The maximum Gasteiger partial charge on any atom is 0.325 e. The second kappa shape index (κ2) is 6.58. The van der Waals surface area contributed by atoms with Crippen molar-refractivity contribution in [2.24, 2.45) is 0 Å². The molecule has 0 spiro atoms. The molecular formula is C14H19NO5. The average Bonchev–Trinajstić information content (AvgIpc) is 2.48. The largest absolute Gasteiger partial charge is 0.493 e. The maximum atomic E-state index is 11.7. The summed E-state index contributed by atoms with van der Waals surface area (Å²) in [5.74, 6) is 0.0943. The lowest BCUT2D eigenvalue weighted by Gasteiger charge is -2.32. The third-order valence-corrected chi connectivity index (χ3v) is 3.37. The van der Waals surface area contributed by atoms with Gasteiger partial charge in [-0.3, -0.25) is 9.69 Å². The van der Waals surface area contributed by atoms with Crippen LogP contribution in [0.2, 0.25) is 0 Å². The first-order valence-corrected chi connectivity index (χ1v) is 6.44. The fourth-order valence-corrected chi connectivity index (χ4v) is 2.45. The second-order valence-electron chi connectivity index (χ2n) is 4.47.